The van der Waals surface area contributed by atoms with Gasteiger partial charge in [-0.1, -0.05) is 20.4 Å². The van der Waals surface area contributed by atoms with Crippen molar-refractivity contribution in [1.29, 1.82) is 0 Å². The molecular formula is C13H22O5. The Morgan fingerprint density at radius 2 is 2.11 bits per heavy atom. The van der Waals surface area contributed by atoms with Gasteiger partial charge in [0.15, 0.2) is 6.29 Å². The number of esters is 1. The number of ether oxygens (including phenoxy) is 4. The fourth-order valence-electron chi connectivity index (χ4n) is 1.56. The van der Waals surface area contributed by atoms with E-state index < -0.39 is 18.4 Å². The van der Waals surface area contributed by atoms with Crippen LogP contribution in [0.5, 0.6) is 0 Å². The summed E-state index contributed by atoms with van der Waals surface area (Å²) in [5.41, 5.74) is 0.00502. The van der Waals surface area contributed by atoms with Crippen molar-refractivity contribution in [3.8, 4) is 0 Å². The highest BCUT2D eigenvalue weighted by atomic mass is 16.7. The molecule has 0 aromatic heterocycles. The first kappa shape index (κ1) is 15.1. The molecule has 0 spiro atoms. The first-order chi connectivity index (χ1) is 8.48. The topological polar surface area (TPSA) is 54.0 Å². The molecule has 1 fully saturated rings. The second-order valence-electron chi connectivity index (χ2n) is 4.98. The van der Waals surface area contributed by atoms with Crippen molar-refractivity contribution >= 4 is 5.97 Å². The molecule has 1 aliphatic heterocycles. The molecule has 1 rings (SSSR count). The van der Waals surface area contributed by atoms with Gasteiger partial charge in [-0.05, 0) is 6.92 Å². The zero-order valence-electron chi connectivity index (χ0n) is 11.3. The summed E-state index contributed by atoms with van der Waals surface area (Å²) in [5.74, 6) is -0.476. The van der Waals surface area contributed by atoms with Crippen molar-refractivity contribution in [2.45, 2.75) is 33.2 Å². The molecule has 5 heteroatoms. The molecule has 1 aliphatic rings. The molecule has 5 nitrogen and oxygen atoms in total. The van der Waals surface area contributed by atoms with Gasteiger partial charge in [0.25, 0.3) is 0 Å². The molecule has 18 heavy (non-hydrogen) atoms. The van der Waals surface area contributed by atoms with Crippen LogP contribution in [0.1, 0.15) is 20.8 Å². The molecule has 0 aromatic carbocycles. The van der Waals surface area contributed by atoms with Gasteiger partial charge in [-0.15, -0.1) is 0 Å². The predicted molar refractivity (Wildman–Crippen MR) is 66.0 cm³/mol. The van der Waals surface area contributed by atoms with E-state index >= 15 is 0 Å². The van der Waals surface area contributed by atoms with Gasteiger partial charge in [0, 0.05) is 18.1 Å². The van der Waals surface area contributed by atoms with Crippen molar-refractivity contribution < 1.29 is 23.7 Å². The third kappa shape index (κ3) is 4.76. The highest BCUT2D eigenvalue weighted by Gasteiger charge is 2.34. The zero-order chi connectivity index (χ0) is 13.6. The Bertz CT molecular complexity index is 277. The van der Waals surface area contributed by atoms with Crippen molar-refractivity contribution in [3.63, 3.8) is 0 Å². The van der Waals surface area contributed by atoms with Gasteiger partial charge in [-0.3, -0.25) is 0 Å². The van der Waals surface area contributed by atoms with E-state index in [0.717, 1.165) is 6.08 Å². The highest BCUT2D eigenvalue weighted by Crippen LogP contribution is 2.25. The van der Waals surface area contributed by atoms with Crippen LogP contribution in [-0.4, -0.2) is 44.8 Å². The van der Waals surface area contributed by atoms with Crippen molar-refractivity contribution in [1.82, 2.24) is 0 Å². The summed E-state index contributed by atoms with van der Waals surface area (Å²) in [5, 5.41) is 0. The van der Waals surface area contributed by atoms with Crippen molar-refractivity contribution in [2.75, 3.05) is 26.4 Å². The van der Waals surface area contributed by atoms with Gasteiger partial charge < -0.3 is 18.9 Å². The summed E-state index contributed by atoms with van der Waals surface area (Å²) in [6, 6.07) is 0. The van der Waals surface area contributed by atoms with E-state index in [-0.39, 0.29) is 12.0 Å². The molecule has 1 atom stereocenters. The van der Waals surface area contributed by atoms with Crippen LogP contribution in [0.2, 0.25) is 0 Å². The molecule has 104 valence electrons. The Kier molecular flexibility index (Phi) is 5.78. The molecule has 0 radical (unpaired) electrons. The number of carbonyl (C=O) groups is 1. The summed E-state index contributed by atoms with van der Waals surface area (Å²) in [7, 11) is 0. The van der Waals surface area contributed by atoms with Crippen LogP contribution in [-0.2, 0) is 23.7 Å². The van der Waals surface area contributed by atoms with E-state index in [4.69, 9.17) is 18.9 Å². The molecule has 0 saturated carbocycles. The van der Waals surface area contributed by atoms with Crippen molar-refractivity contribution in [2.24, 2.45) is 5.41 Å². The summed E-state index contributed by atoms with van der Waals surface area (Å²) >= 11 is 0. The Balaban J connectivity index is 2.46. The summed E-state index contributed by atoms with van der Waals surface area (Å²) in [6.07, 6.45) is 0.222. The molecule has 1 heterocycles. The van der Waals surface area contributed by atoms with E-state index in [1.165, 1.54) is 0 Å². The second-order valence-corrected chi connectivity index (χ2v) is 4.98. The van der Waals surface area contributed by atoms with Crippen molar-refractivity contribution in [3.05, 3.63) is 12.7 Å². The fourth-order valence-corrected chi connectivity index (χ4v) is 1.56. The third-order valence-corrected chi connectivity index (χ3v) is 2.52. The van der Waals surface area contributed by atoms with Gasteiger partial charge in [0.1, 0.15) is 12.7 Å². The molecule has 0 aromatic rings. The number of hydrogen-bond acceptors (Lipinski definition) is 5. The molecular weight excluding hydrogens is 236 g/mol. The SMILES string of the molecule is C=CC(=O)OCC(OCC)C1OCC(C)(C)CO1. The largest absolute Gasteiger partial charge is 0.460 e. The summed E-state index contributed by atoms with van der Waals surface area (Å²) < 4.78 is 21.7. The third-order valence-electron chi connectivity index (χ3n) is 2.52. The molecule has 0 aliphatic carbocycles. The lowest BCUT2D eigenvalue weighted by Gasteiger charge is -2.37. The quantitative estimate of drug-likeness (QED) is 0.534. The van der Waals surface area contributed by atoms with E-state index in [0.29, 0.717) is 19.8 Å². The minimum atomic E-state index is -0.490. The van der Waals surface area contributed by atoms with Crippen LogP contribution in [0.4, 0.5) is 0 Å². The molecule has 0 N–H and O–H groups in total. The van der Waals surface area contributed by atoms with Gasteiger partial charge in [0.2, 0.25) is 0 Å². The van der Waals surface area contributed by atoms with E-state index in [1.807, 2.05) is 6.92 Å². The maximum absolute atomic E-state index is 11.0. The Morgan fingerprint density at radius 3 is 2.61 bits per heavy atom. The average Bonchev–Trinajstić information content (AvgIpc) is 2.34. The maximum Gasteiger partial charge on any atom is 0.330 e. The predicted octanol–water partition coefficient (Wildman–Crippen LogP) is 1.52. The second kappa shape index (κ2) is 6.87. The lowest BCUT2D eigenvalue weighted by Crippen LogP contribution is -2.46. The Morgan fingerprint density at radius 1 is 1.50 bits per heavy atom. The van der Waals surface area contributed by atoms with Crippen LogP contribution in [0.25, 0.3) is 0 Å². The van der Waals surface area contributed by atoms with E-state index in [2.05, 4.69) is 20.4 Å². The molecule has 0 bridgehead atoms. The van der Waals surface area contributed by atoms with Gasteiger partial charge in [-0.25, -0.2) is 4.79 Å². The standard InChI is InChI=1S/C13H22O5/c1-5-11(14)16-7-10(15-6-2)12-17-8-13(3,4)9-18-12/h5,10,12H,1,6-9H2,2-4H3. The van der Waals surface area contributed by atoms with E-state index in [9.17, 15) is 4.79 Å². The monoisotopic (exact) mass is 258 g/mol. The van der Waals surface area contributed by atoms with Crippen LogP contribution in [0.15, 0.2) is 12.7 Å². The molecule has 0 amide bonds. The zero-order valence-corrected chi connectivity index (χ0v) is 11.3. The molecule has 1 saturated heterocycles. The minimum Gasteiger partial charge on any atom is -0.460 e. The van der Waals surface area contributed by atoms with Gasteiger partial charge in [-0.2, -0.15) is 0 Å². The van der Waals surface area contributed by atoms with Gasteiger partial charge >= 0.3 is 5.97 Å². The fraction of sp³-hybridized carbons (Fsp3) is 0.769. The van der Waals surface area contributed by atoms with Crippen LogP contribution >= 0.6 is 0 Å². The first-order valence-corrected chi connectivity index (χ1v) is 6.12. The van der Waals surface area contributed by atoms with Crippen LogP contribution in [0, 0.1) is 5.41 Å². The smallest absolute Gasteiger partial charge is 0.330 e. The highest BCUT2D eigenvalue weighted by molar-refractivity contribution is 5.81. The number of carbonyl (C=O) groups excluding carboxylic acids is 1. The first-order valence-electron chi connectivity index (χ1n) is 6.12. The maximum atomic E-state index is 11.0. The number of rotatable bonds is 6. The minimum absolute atomic E-state index is 0.00502. The van der Waals surface area contributed by atoms with E-state index in [1.54, 1.807) is 0 Å². The average molecular weight is 258 g/mol. The lowest BCUT2D eigenvalue weighted by atomic mass is 9.95. The number of hydrogen-bond donors (Lipinski definition) is 0. The summed E-state index contributed by atoms with van der Waals surface area (Å²) in [6.45, 7) is 11.1. The van der Waals surface area contributed by atoms with Crippen LogP contribution in [0.3, 0.4) is 0 Å². The van der Waals surface area contributed by atoms with Crippen LogP contribution < -0.4 is 0 Å². The molecule has 1 unspecified atom stereocenters. The summed E-state index contributed by atoms with van der Waals surface area (Å²) in [4.78, 5) is 11.0. The van der Waals surface area contributed by atoms with Gasteiger partial charge in [0.05, 0.1) is 13.2 Å². The normalized spacial score (nSPS) is 21.3. The lowest BCUT2D eigenvalue weighted by molar-refractivity contribution is -0.269. The Hall–Kier alpha value is -0.910. The Labute approximate surface area is 108 Å².